The van der Waals surface area contributed by atoms with Crippen molar-refractivity contribution >= 4 is 45.9 Å². The number of halogens is 1. The van der Waals surface area contributed by atoms with Gasteiger partial charge in [0, 0.05) is 18.8 Å². The molecule has 3 aromatic rings. The normalized spacial score (nSPS) is 11.2. The molecule has 0 fully saturated rings. The van der Waals surface area contributed by atoms with Crippen LogP contribution in [0.15, 0.2) is 52.4 Å². The standard InChI is InChI=1S/C23H26ClN3O4S/c1-15(2)31-12-6-11-27-22(29)17-7-4-5-8-19(17)26-23(27)32-14-21(28)25-16-9-10-20(30-3)18(24)13-16/h4-5,7-10,13,15H,6,11-12,14H2,1-3H3,(H,25,28). The van der Waals surface area contributed by atoms with Crippen molar-refractivity contribution in [3.63, 3.8) is 0 Å². The molecule has 0 saturated carbocycles. The smallest absolute Gasteiger partial charge is 0.262 e. The van der Waals surface area contributed by atoms with E-state index in [-0.39, 0.29) is 23.3 Å². The number of methoxy groups -OCH3 is 1. The maximum absolute atomic E-state index is 13.1. The number of rotatable bonds is 10. The van der Waals surface area contributed by atoms with Crippen molar-refractivity contribution in [2.45, 2.75) is 38.1 Å². The van der Waals surface area contributed by atoms with E-state index in [4.69, 9.17) is 21.1 Å². The van der Waals surface area contributed by atoms with Crippen molar-refractivity contribution in [1.82, 2.24) is 9.55 Å². The molecule has 0 aliphatic rings. The number of para-hydroxylation sites is 1. The Morgan fingerprint density at radius 1 is 1.25 bits per heavy atom. The average molecular weight is 476 g/mol. The lowest BCUT2D eigenvalue weighted by Gasteiger charge is -2.14. The number of carbonyl (C=O) groups excluding carboxylic acids is 1. The molecule has 0 spiro atoms. The molecule has 1 heterocycles. The van der Waals surface area contributed by atoms with E-state index in [0.29, 0.717) is 52.1 Å². The lowest BCUT2D eigenvalue weighted by atomic mass is 10.2. The number of hydrogen-bond donors (Lipinski definition) is 1. The van der Waals surface area contributed by atoms with Gasteiger partial charge in [0.05, 0.1) is 34.9 Å². The first-order chi connectivity index (χ1) is 15.4. The van der Waals surface area contributed by atoms with Crippen LogP contribution in [0.5, 0.6) is 5.75 Å². The van der Waals surface area contributed by atoms with E-state index in [0.717, 1.165) is 0 Å². The largest absolute Gasteiger partial charge is 0.495 e. The second kappa shape index (κ2) is 11.4. The quantitative estimate of drug-likeness (QED) is 0.262. The van der Waals surface area contributed by atoms with Gasteiger partial charge in [0.2, 0.25) is 5.91 Å². The lowest BCUT2D eigenvalue weighted by molar-refractivity contribution is -0.113. The minimum atomic E-state index is -0.228. The topological polar surface area (TPSA) is 82.5 Å². The molecule has 0 aliphatic carbocycles. The van der Waals surface area contributed by atoms with Gasteiger partial charge in [0.1, 0.15) is 5.75 Å². The molecular weight excluding hydrogens is 450 g/mol. The molecule has 0 bridgehead atoms. The van der Waals surface area contributed by atoms with Crippen LogP contribution in [0.3, 0.4) is 0 Å². The van der Waals surface area contributed by atoms with Crippen LogP contribution in [0.1, 0.15) is 20.3 Å². The summed E-state index contributed by atoms with van der Waals surface area (Å²) in [6, 6.07) is 12.2. The Bertz CT molecular complexity index is 1150. The van der Waals surface area contributed by atoms with Crippen LogP contribution in [0.25, 0.3) is 10.9 Å². The van der Waals surface area contributed by atoms with Gasteiger partial charge in [-0.25, -0.2) is 4.98 Å². The summed E-state index contributed by atoms with van der Waals surface area (Å²) in [6.45, 7) is 4.94. The highest BCUT2D eigenvalue weighted by Crippen LogP contribution is 2.27. The van der Waals surface area contributed by atoms with E-state index in [9.17, 15) is 9.59 Å². The Morgan fingerprint density at radius 2 is 2.03 bits per heavy atom. The zero-order valence-corrected chi connectivity index (χ0v) is 19.8. The molecule has 0 unspecified atom stereocenters. The molecule has 170 valence electrons. The van der Waals surface area contributed by atoms with E-state index >= 15 is 0 Å². The highest BCUT2D eigenvalue weighted by atomic mass is 35.5. The number of aromatic nitrogens is 2. The van der Waals surface area contributed by atoms with Crippen LogP contribution >= 0.6 is 23.4 Å². The average Bonchev–Trinajstić information content (AvgIpc) is 2.76. The fourth-order valence-corrected chi connectivity index (χ4v) is 4.15. The van der Waals surface area contributed by atoms with Crippen LogP contribution in [0.4, 0.5) is 5.69 Å². The molecule has 0 aliphatic heterocycles. The van der Waals surface area contributed by atoms with Gasteiger partial charge in [-0.1, -0.05) is 35.5 Å². The summed E-state index contributed by atoms with van der Waals surface area (Å²) in [7, 11) is 1.53. The summed E-state index contributed by atoms with van der Waals surface area (Å²) in [5, 5.41) is 4.27. The van der Waals surface area contributed by atoms with Gasteiger partial charge in [-0.3, -0.25) is 14.2 Å². The molecule has 3 rings (SSSR count). The molecule has 9 heteroatoms. The van der Waals surface area contributed by atoms with Crippen LogP contribution in [0.2, 0.25) is 5.02 Å². The van der Waals surface area contributed by atoms with Gasteiger partial charge >= 0.3 is 0 Å². The summed E-state index contributed by atoms with van der Waals surface area (Å²) in [5.41, 5.74) is 1.05. The maximum Gasteiger partial charge on any atom is 0.262 e. The molecule has 1 N–H and O–H groups in total. The molecule has 0 saturated heterocycles. The molecule has 1 aromatic heterocycles. The number of benzene rings is 2. The number of fused-ring (bicyclic) bond motifs is 1. The van der Waals surface area contributed by atoms with E-state index < -0.39 is 0 Å². The van der Waals surface area contributed by atoms with Crippen molar-refractivity contribution in [1.29, 1.82) is 0 Å². The Balaban J connectivity index is 1.74. The fraction of sp³-hybridized carbons (Fsp3) is 0.348. The van der Waals surface area contributed by atoms with Crippen LogP contribution < -0.4 is 15.6 Å². The van der Waals surface area contributed by atoms with Gasteiger partial charge in [0.25, 0.3) is 5.56 Å². The molecule has 2 aromatic carbocycles. The van der Waals surface area contributed by atoms with Gasteiger partial charge in [0.15, 0.2) is 5.16 Å². The monoisotopic (exact) mass is 475 g/mol. The fourth-order valence-electron chi connectivity index (χ4n) is 3.07. The molecule has 0 atom stereocenters. The van der Waals surface area contributed by atoms with E-state index in [2.05, 4.69) is 10.3 Å². The summed E-state index contributed by atoms with van der Waals surface area (Å²) in [5.74, 6) is 0.398. The van der Waals surface area contributed by atoms with Crippen molar-refractivity contribution in [3.05, 3.63) is 57.8 Å². The predicted molar refractivity (Wildman–Crippen MR) is 129 cm³/mol. The first kappa shape index (κ1) is 24.1. The molecule has 7 nitrogen and oxygen atoms in total. The number of ether oxygens (including phenoxy) is 2. The third-order valence-corrected chi connectivity index (χ3v) is 5.84. The van der Waals surface area contributed by atoms with Crippen molar-refractivity contribution < 1.29 is 14.3 Å². The number of amides is 1. The van der Waals surface area contributed by atoms with E-state index in [1.165, 1.54) is 18.9 Å². The van der Waals surface area contributed by atoms with Crippen LogP contribution in [-0.4, -0.2) is 41.0 Å². The second-order valence-electron chi connectivity index (χ2n) is 7.33. The third kappa shape index (κ3) is 6.25. The number of carbonyl (C=O) groups is 1. The SMILES string of the molecule is COc1ccc(NC(=O)CSc2nc3ccccc3c(=O)n2CCCOC(C)C)cc1Cl. The first-order valence-corrected chi connectivity index (χ1v) is 11.6. The molecule has 1 amide bonds. The van der Waals surface area contributed by atoms with E-state index in [1.807, 2.05) is 26.0 Å². The maximum atomic E-state index is 13.1. The van der Waals surface area contributed by atoms with Crippen molar-refractivity contribution in [2.24, 2.45) is 0 Å². The van der Waals surface area contributed by atoms with Crippen molar-refractivity contribution in [3.8, 4) is 5.75 Å². The zero-order valence-electron chi connectivity index (χ0n) is 18.3. The van der Waals surface area contributed by atoms with Gasteiger partial charge in [-0.05, 0) is 50.6 Å². The number of anilines is 1. The van der Waals surface area contributed by atoms with Gasteiger partial charge in [-0.2, -0.15) is 0 Å². The minimum Gasteiger partial charge on any atom is -0.495 e. The van der Waals surface area contributed by atoms with Crippen LogP contribution in [-0.2, 0) is 16.1 Å². The minimum absolute atomic E-state index is 0.0942. The molecular formula is C23H26ClN3O4S. The summed E-state index contributed by atoms with van der Waals surface area (Å²) in [6.07, 6.45) is 0.799. The Labute approximate surface area is 196 Å². The van der Waals surface area contributed by atoms with Gasteiger partial charge < -0.3 is 14.8 Å². The van der Waals surface area contributed by atoms with E-state index in [1.54, 1.807) is 34.9 Å². The second-order valence-corrected chi connectivity index (χ2v) is 8.68. The third-order valence-electron chi connectivity index (χ3n) is 4.57. The Hall–Kier alpha value is -2.55. The lowest BCUT2D eigenvalue weighted by Crippen LogP contribution is -2.25. The summed E-state index contributed by atoms with van der Waals surface area (Å²) >= 11 is 7.34. The number of nitrogens with one attached hydrogen (secondary N) is 1. The Kier molecular flexibility index (Phi) is 8.55. The summed E-state index contributed by atoms with van der Waals surface area (Å²) < 4.78 is 12.3. The number of hydrogen-bond acceptors (Lipinski definition) is 6. The first-order valence-electron chi connectivity index (χ1n) is 10.3. The number of thioether (sulfide) groups is 1. The zero-order chi connectivity index (χ0) is 23.1. The van der Waals surface area contributed by atoms with Gasteiger partial charge in [-0.15, -0.1) is 0 Å². The highest BCUT2D eigenvalue weighted by Gasteiger charge is 2.14. The summed E-state index contributed by atoms with van der Waals surface area (Å²) in [4.78, 5) is 30.2. The van der Waals surface area contributed by atoms with Crippen molar-refractivity contribution in [2.75, 3.05) is 24.8 Å². The highest BCUT2D eigenvalue weighted by molar-refractivity contribution is 7.99. The molecule has 0 radical (unpaired) electrons. The van der Waals surface area contributed by atoms with Crippen LogP contribution in [0, 0.1) is 0 Å². The predicted octanol–water partition coefficient (Wildman–Crippen LogP) is 4.60. The number of nitrogens with zero attached hydrogens (tertiary/aromatic N) is 2. The molecule has 32 heavy (non-hydrogen) atoms. The Morgan fingerprint density at radius 3 is 2.75 bits per heavy atom.